The molecule has 0 aliphatic carbocycles. The molecule has 0 spiro atoms. The van der Waals surface area contributed by atoms with Gasteiger partial charge in [-0.3, -0.25) is 0 Å². The molecule has 7 heteroatoms. The molecule has 0 unspecified atom stereocenters. The third-order valence-corrected chi connectivity index (χ3v) is 2.83. The highest BCUT2D eigenvalue weighted by Gasteiger charge is 2.28. The molecule has 1 aromatic rings. The highest BCUT2D eigenvalue weighted by Crippen LogP contribution is 2.34. The maximum absolute atomic E-state index is 11.9. The van der Waals surface area contributed by atoms with Gasteiger partial charge in [-0.15, -0.1) is 0 Å². The van der Waals surface area contributed by atoms with Crippen molar-refractivity contribution in [2.45, 2.75) is 32.4 Å². The zero-order chi connectivity index (χ0) is 16.3. The summed E-state index contributed by atoms with van der Waals surface area (Å²) in [6.45, 7) is 5.34. The zero-order valence-electron chi connectivity index (χ0n) is 13.0. The maximum Gasteiger partial charge on any atom is 0.408 e. The van der Waals surface area contributed by atoms with Crippen LogP contribution in [0.3, 0.4) is 0 Å². The standard InChI is InChI=1S/C15H19NO6/c1-15(2,3)22-14(18)16-12(13(17)19-4)9-5-6-10-11(7-9)21-8-20-10/h5-7,12H,8H2,1-4H3,(H,16,18)/t12-/m1/s1. The van der Waals surface area contributed by atoms with Crippen molar-refractivity contribution in [3.05, 3.63) is 23.8 Å². The lowest BCUT2D eigenvalue weighted by molar-refractivity contribution is -0.143. The molecule has 2 rings (SSSR count). The Balaban J connectivity index is 2.19. The van der Waals surface area contributed by atoms with Gasteiger partial charge in [0.1, 0.15) is 5.60 Å². The van der Waals surface area contributed by atoms with Crippen LogP contribution in [-0.4, -0.2) is 31.6 Å². The van der Waals surface area contributed by atoms with Crippen LogP contribution >= 0.6 is 0 Å². The SMILES string of the molecule is COC(=O)[C@H](NC(=O)OC(C)(C)C)c1ccc2c(c1)OCO2. The average molecular weight is 309 g/mol. The summed E-state index contributed by atoms with van der Waals surface area (Å²) < 4.78 is 20.4. The van der Waals surface area contributed by atoms with Gasteiger partial charge in [0.2, 0.25) is 6.79 Å². The normalized spacial score (nSPS) is 14.2. The van der Waals surface area contributed by atoms with E-state index in [-0.39, 0.29) is 6.79 Å². The number of carbonyl (C=O) groups is 2. The van der Waals surface area contributed by atoms with Gasteiger partial charge < -0.3 is 24.3 Å². The van der Waals surface area contributed by atoms with Gasteiger partial charge in [0.05, 0.1) is 7.11 Å². The van der Waals surface area contributed by atoms with Gasteiger partial charge >= 0.3 is 12.1 Å². The largest absolute Gasteiger partial charge is 0.467 e. The van der Waals surface area contributed by atoms with E-state index < -0.39 is 23.7 Å². The van der Waals surface area contributed by atoms with E-state index in [1.54, 1.807) is 39.0 Å². The number of ether oxygens (including phenoxy) is 4. The summed E-state index contributed by atoms with van der Waals surface area (Å²) in [6.07, 6.45) is -0.708. The van der Waals surface area contributed by atoms with Gasteiger partial charge in [0.15, 0.2) is 17.5 Å². The van der Waals surface area contributed by atoms with Crippen LogP contribution in [0.15, 0.2) is 18.2 Å². The minimum absolute atomic E-state index is 0.126. The summed E-state index contributed by atoms with van der Waals surface area (Å²) in [4.78, 5) is 23.8. The van der Waals surface area contributed by atoms with Crippen molar-refractivity contribution < 1.29 is 28.5 Å². The van der Waals surface area contributed by atoms with Crippen molar-refractivity contribution in [3.8, 4) is 11.5 Å². The number of methoxy groups -OCH3 is 1. The molecule has 1 aliphatic heterocycles. The van der Waals surface area contributed by atoms with Crippen LogP contribution in [0.4, 0.5) is 4.79 Å². The Hall–Kier alpha value is -2.44. The van der Waals surface area contributed by atoms with E-state index in [4.69, 9.17) is 18.9 Å². The van der Waals surface area contributed by atoms with Crippen molar-refractivity contribution in [2.24, 2.45) is 0 Å². The fraction of sp³-hybridized carbons (Fsp3) is 0.467. The molecule has 1 atom stereocenters. The number of hydrogen-bond acceptors (Lipinski definition) is 6. The van der Waals surface area contributed by atoms with Gasteiger partial charge in [-0.05, 0) is 38.5 Å². The Labute approximate surface area is 128 Å². The minimum Gasteiger partial charge on any atom is -0.467 e. The van der Waals surface area contributed by atoms with Crippen LogP contribution in [0.1, 0.15) is 32.4 Å². The fourth-order valence-electron chi connectivity index (χ4n) is 1.91. The highest BCUT2D eigenvalue weighted by molar-refractivity contribution is 5.83. The third-order valence-electron chi connectivity index (χ3n) is 2.83. The third kappa shape index (κ3) is 3.81. The van der Waals surface area contributed by atoms with E-state index in [1.807, 2.05) is 0 Å². The maximum atomic E-state index is 11.9. The summed E-state index contributed by atoms with van der Waals surface area (Å²) in [5, 5.41) is 2.50. The Kier molecular flexibility index (Phi) is 4.44. The second-order valence-corrected chi connectivity index (χ2v) is 5.72. The first-order valence-electron chi connectivity index (χ1n) is 6.77. The fourth-order valence-corrected chi connectivity index (χ4v) is 1.91. The molecule has 1 heterocycles. The van der Waals surface area contributed by atoms with E-state index in [0.717, 1.165) is 0 Å². The number of carbonyl (C=O) groups excluding carboxylic acids is 2. The molecule has 0 radical (unpaired) electrons. The molecule has 1 amide bonds. The molecule has 0 bridgehead atoms. The summed E-state index contributed by atoms with van der Waals surface area (Å²) in [6, 6.07) is 3.97. The highest BCUT2D eigenvalue weighted by atomic mass is 16.7. The zero-order valence-corrected chi connectivity index (χ0v) is 13.0. The molecule has 1 aromatic carbocycles. The molecular weight excluding hydrogens is 290 g/mol. The summed E-state index contributed by atoms with van der Waals surface area (Å²) in [5.41, 5.74) is -0.151. The second kappa shape index (κ2) is 6.13. The topological polar surface area (TPSA) is 83.1 Å². The first-order chi connectivity index (χ1) is 10.3. The quantitative estimate of drug-likeness (QED) is 0.861. The first-order valence-corrected chi connectivity index (χ1v) is 6.77. The lowest BCUT2D eigenvalue weighted by Crippen LogP contribution is -2.38. The molecule has 0 fully saturated rings. The van der Waals surface area contributed by atoms with Crippen LogP contribution in [0.5, 0.6) is 11.5 Å². The van der Waals surface area contributed by atoms with Crippen LogP contribution in [-0.2, 0) is 14.3 Å². The lowest BCUT2D eigenvalue weighted by atomic mass is 10.1. The molecule has 0 aromatic heterocycles. The van der Waals surface area contributed by atoms with Gasteiger partial charge in [0.25, 0.3) is 0 Å². The molecule has 120 valence electrons. The molecule has 7 nitrogen and oxygen atoms in total. The Morgan fingerprint density at radius 1 is 1.23 bits per heavy atom. The molecule has 22 heavy (non-hydrogen) atoms. The number of hydrogen-bond donors (Lipinski definition) is 1. The van der Waals surface area contributed by atoms with E-state index in [0.29, 0.717) is 17.1 Å². The van der Waals surface area contributed by atoms with Crippen LogP contribution in [0.25, 0.3) is 0 Å². The van der Waals surface area contributed by atoms with Crippen molar-refractivity contribution in [2.75, 3.05) is 13.9 Å². The van der Waals surface area contributed by atoms with Crippen molar-refractivity contribution in [3.63, 3.8) is 0 Å². The van der Waals surface area contributed by atoms with Gasteiger partial charge in [-0.25, -0.2) is 9.59 Å². The Bertz CT molecular complexity index is 578. The molecule has 0 saturated carbocycles. The molecule has 0 saturated heterocycles. The number of benzene rings is 1. The van der Waals surface area contributed by atoms with E-state index >= 15 is 0 Å². The smallest absolute Gasteiger partial charge is 0.408 e. The van der Waals surface area contributed by atoms with Crippen molar-refractivity contribution >= 4 is 12.1 Å². The first kappa shape index (κ1) is 15.9. The van der Waals surface area contributed by atoms with Crippen LogP contribution in [0, 0.1) is 0 Å². The molecule has 1 N–H and O–H groups in total. The number of rotatable bonds is 3. The Morgan fingerprint density at radius 3 is 2.55 bits per heavy atom. The second-order valence-electron chi connectivity index (χ2n) is 5.72. The number of amides is 1. The van der Waals surface area contributed by atoms with Crippen LogP contribution in [0.2, 0.25) is 0 Å². The predicted molar refractivity (Wildman–Crippen MR) is 76.7 cm³/mol. The Morgan fingerprint density at radius 2 is 1.91 bits per heavy atom. The van der Waals surface area contributed by atoms with E-state index in [2.05, 4.69) is 5.32 Å². The van der Waals surface area contributed by atoms with Crippen LogP contribution < -0.4 is 14.8 Å². The van der Waals surface area contributed by atoms with E-state index in [9.17, 15) is 9.59 Å². The predicted octanol–water partition coefficient (Wildman–Crippen LogP) is 2.15. The minimum atomic E-state index is -0.991. The summed E-state index contributed by atoms with van der Waals surface area (Å²) in [5.74, 6) is 0.492. The van der Waals surface area contributed by atoms with Gasteiger partial charge in [-0.1, -0.05) is 6.07 Å². The summed E-state index contributed by atoms with van der Waals surface area (Å²) >= 11 is 0. The van der Waals surface area contributed by atoms with Crippen molar-refractivity contribution in [1.82, 2.24) is 5.32 Å². The number of alkyl carbamates (subject to hydrolysis) is 1. The summed E-state index contributed by atoms with van der Waals surface area (Å²) in [7, 11) is 1.25. The number of nitrogens with one attached hydrogen (secondary N) is 1. The van der Waals surface area contributed by atoms with Crippen molar-refractivity contribution in [1.29, 1.82) is 0 Å². The monoisotopic (exact) mass is 309 g/mol. The number of fused-ring (bicyclic) bond motifs is 1. The molecule has 1 aliphatic rings. The number of esters is 1. The van der Waals surface area contributed by atoms with Gasteiger partial charge in [-0.2, -0.15) is 0 Å². The lowest BCUT2D eigenvalue weighted by Gasteiger charge is -2.22. The van der Waals surface area contributed by atoms with E-state index in [1.165, 1.54) is 7.11 Å². The average Bonchev–Trinajstić information content (AvgIpc) is 2.89. The van der Waals surface area contributed by atoms with Gasteiger partial charge in [0, 0.05) is 0 Å². The molecular formula is C15H19NO6.